The summed E-state index contributed by atoms with van der Waals surface area (Å²) in [6.45, 7) is 6.59. The van der Waals surface area contributed by atoms with Gasteiger partial charge in [0.15, 0.2) is 18.0 Å². The molecule has 0 radical (unpaired) electrons. The first-order valence-corrected chi connectivity index (χ1v) is 15.4. The van der Waals surface area contributed by atoms with E-state index >= 15 is 0 Å². The summed E-state index contributed by atoms with van der Waals surface area (Å²) in [4.78, 5) is 83.7. The van der Waals surface area contributed by atoms with E-state index in [1.807, 2.05) is 0 Å². The van der Waals surface area contributed by atoms with Crippen molar-refractivity contribution >= 4 is 35.6 Å². The van der Waals surface area contributed by atoms with Gasteiger partial charge in [0.2, 0.25) is 0 Å². The van der Waals surface area contributed by atoms with Crippen LogP contribution in [0.3, 0.4) is 0 Å². The molecule has 1 saturated heterocycles. The van der Waals surface area contributed by atoms with Crippen molar-refractivity contribution in [3.8, 4) is 0 Å². The zero-order valence-corrected chi connectivity index (χ0v) is 27.5. The Hall–Kier alpha value is -3.99. The van der Waals surface area contributed by atoms with Crippen molar-refractivity contribution in [1.29, 1.82) is 0 Å². The molecule has 3 heterocycles. The zero-order chi connectivity index (χ0) is 35.7. The molecule has 0 aromatic carbocycles. The summed E-state index contributed by atoms with van der Waals surface area (Å²) in [6, 6.07) is 2.90. The molecule has 48 heavy (non-hydrogen) atoms. The highest BCUT2D eigenvalue weighted by Gasteiger charge is 2.90. The molecule has 16 nitrogen and oxygen atoms in total. The first-order chi connectivity index (χ1) is 22.3. The summed E-state index contributed by atoms with van der Waals surface area (Å²) in [5.41, 5.74) is -9.88. The number of cyclic esters (lactones) is 1. The molecule has 1 aromatic rings. The van der Waals surface area contributed by atoms with Gasteiger partial charge in [-0.05, 0) is 26.0 Å². The van der Waals surface area contributed by atoms with Crippen molar-refractivity contribution in [1.82, 2.24) is 4.98 Å². The van der Waals surface area contributed by atoms with Crippen molar-refractivity contribution in [3.05, 3.63) is 29.6 Å². The second-order valence-electron chi connectivity index (χ2n) is 13.4. The number of aliphatic hydroxyl groups excluding tert-OH is 2. The highest BCUT2D eigenvalue weighted by molar-refractivity contribution is 5.94. The highest BCUT2D eigenvalue weighted by Crippen LogP contribution is 2.67. The van der Waals surface area contributed by atoms with Gasteiger partial charge in [-0.3, -0.25) is 29.0 Å². The average Bonchev–Trinajstić information content (AvgIpc) is 3.22. The maximum atomic E-state index is 14.5. The van der Waals surface area contributed by atoms with Crippen LogP contribution in [0.5, 0.6) is 0 Å². The smallest absolute Gasteiger partial charge is 0.340 e. The number of fused-ring (bicyclic) bond motifs is 5. The monoisotopic (exact) mass is 677 g/mol. The molecule has 262 valence electrons. The van der Waals surface area contributed by atoms with Crippen LogP contribution in [0.25, 0.3) is 0 Å². The molecule has 1 aromatic heterocycles. The van der Waals surface area contributed by atoms with Gasteiger partial charge in [0, 0.05) is 32.9 Å². The topological polar surface area (TPSA) is 231 Å². The van der Waals surface area contributed by atoms with Gasteiger partial charge < -0.3 is 43.7 Å². The number of rotatable bonds is 4. The number of esters is 5. The van der Waals surface area contributed by atoms with E-state index in [4.69, 9.17) is 28.4 Å². The molecule has 12 atom stereocenters. The fourth-order valence-corrected chi connectivity index (χ4v) is 8.13. The minimum absolute atomic E-state index is 0.0135. The van der Waals surface area contributed by atoms with Crippen LogP contribution < -0.4 is 0 Å². The second kappa shape index (κ2) is 11.9. The third kappa shape index (κ3) is 4.82. The van der Waals surface area contributed by atoms with E-state index in [2.05, 4.69) is 4.98 Å². The van der Waals surface area contributed by atoms with Gasteiger partial charge in [0.25, 0.3) is 0 Å². The van der Waals surface area contributed by atoms with Crippen LogP contribution in [0.2, 0.25) is 0 Å². The summed E-state index contributed by atoms with van der Waals surface area (Å²) < 4.78 is 34.6. The van der Waals surface area contributed by atoms with Crippen LogP contribution >= 0.6 is 0 Å². The number of pyridine rings is 1. The van der Waals surface area contributed by atoms with Crippen LogP contribution in [0, 0.1) is 17.3 Å². The lowest BCUT2D eigenvalue weighted by atomic mass is 9.45. The zero-order valence-electron chi connectivity index (χ0n) is 27.5. The Balaban J connectivity index is 1.86. The molecule has 4 aliphatic rings. The van der Waals surface area contributed by atoms with Gasteiger partial charge in [-0.15, -0.1) is 0 Å². The molecular formula is C32H39NO15. The van der Waals surface area contributed by atoms with E-state index in [1.165, 1.54) is 32.2 Å². The number of Topliss-reactive ketones (excluding diaryl/α,β-unsaturated/α-hetero) is 1. The molecule has 3 N–H and O–H groups in total. The Kier molecular flexibility index (Phi) is 8.73. The molecule has 3 fully saturated rings. The van der Waals surface area contributed by atoms with Crippen molar-refractivity contribution in [3.63, 3.8) is 0 Å². The Morgan fingerprint density at radius 3 is 2.25 bits per heavy atom. The highest BCUT2D eigenvalue weighted by atomic mass is 16.6. The van der Waals surface area contributed by atoms with Crippen LogP contribution in [0.1, 0.15) is 70.4 Å². The number of nitrogens with zero attached hydrogens (tertiary/aromatic N) is 1. The van der Waals surface area contributed by atoms with Crippen molar-refractivity contribution in [2.75, 3.05) is 13.2 Å². The van der Waals surface area contributed by atoms with E-state index in [1.54, 1.807) is 6.92 Å². The predicted octanol–water partition coefficient (Wildman–Crippen LogP) is -0.471. The van der Waals surface area contributed by atoms with E-state index in [0.29, 0.717) is 0 Å². The van der Waals surface area contributed by atoms with Crippen LogP contribution in [0.15, 0.2) is 18.3 Å². The molecular weight excluding hydrogens is 638 g/mol. The SMILES string of the molecule is CC(=O)OC[C@]12[C@H](OC(C)=O)C(=O)[C@H]3[C@@H](O)[C@@]14O[C@]3(C)COC(=O)c1cccnc1[C@H](C)[C@H](C)C(=O)O[C@@H]([C@H](O)[C@@H]2OC(C)=O)[C@]4(C)O. The number of aromatic nitrogens is 1. The average molecular weight is 678 g/mol. The standard InChI is InChI=1S/C32H39NO15/c1-13-14(2)27(40)47-24-22(38)26(46-17(5)36)31(12-43-15(3)34)25(45-16(4)35)21(37)19-23(39)32(31,30(24,7)42)48-29(19,6)11-44-28(41)18-9-8-10-33-20(13)18/h8-10,13-14,19,22-26,38-39,42H,11-12H2,1-7H3/t13-,14+,19+,22+,23-,24+,25-,26+,29-,30+,31-,32+/m1/s1. The minimum atomic E-state index is -2.74. The molecule has 2 aliphatic carbocycles. The van der Waals surface area contributed by atoms with Gasteiger partial charge in [-0.25, -0.2) is 4.79 Å². The van der Waals surface area contributed by atoms with Gasteiger partial charge in [-0.1, -0.05) is 13.8 Å². The number of carbonyl (C=O) groups excluding carboxylic acids is 6. The Bertz CT molecular complexity index is 1560. The fourth-order valence-electron chi connectivity index (χ4n) is 8.13. The van der Waals surface area contributed by atoms with E-state index in [-0.39, 0.29) is 11.3 Å². The molecule has 16 heteroatoms. The lowest BCUT2D eigenvalue weighted by molar-refractivity contribution is -0.376. The number of ketones is 1. The van der Waals surface area contributed by atoms with Crippen molar-refractivity contribution in [2.24, 2.45) is 17.3 Å². The summed E-state index contributed by atoms with van der Waals surface area (Å²) in [6.07, 6.45) is -9.16. The molecule has 0 unspecified atom stereocenters. The van der Waals surface area contributed by atoms with Crippen LogP contribution in [0.4, 0.5) is 0 Å². The third-order valence-electron chi connectivity index (χ3n) is 10.4. The second-order valence-corrected chi connectivity index (χ2v) is 13.4. The number of carbonyl (C=O) groups is 6. The maximum Gasteiger partial charge on any atom is 0.340 e. The number of aliphatic hydroxyl groups is 3. The molecule has 5 rings (SSSR count). The number of hydrogen-bond acceptors (Lipinski definition) is 16. The summed E-state index contributed by atoms with van der Waals surface area (Å²) in [5.74, 6) is -9.59. The van der Waals surface area contributed by atoms with E-state index in [0.717, 1.165) is 27.7 Å². The Labute approximate surface area is 275 Å². The molecule has 4 bridgehead atoms. The number of ether oxygens (including phenoxy) is 6. The largest absolute Gasteiger partial charge is 0.465 e. The molecule has 1 spiro atoms. The summed E-state index contributed by atoms with van der Waals surface area (Å²) in [7, 11) is 0. The lowest BCUT2D eigenvalue weighted by Crippen LogP contribution is -2.88. The third-order valence-corrected chi connectivity index (χ3v) is 10.4. The Morgan fingerprint density at radius 1 is 1.00 bits per heavy atom. The van der Waals surface area contributed by atoms with Gasteiger partial charge in [-0.2, -0.15) is 0 Å². The predicted molar refractivity (Wildman–Crippen MR) is 156 cm³/mol. The number of hydrogen-bond donors (Lipinski definition) is 3. The molecule has 0 amide bonds. The maximum absolute atomic E-state index is 14.5. The van der Waals surface area contributed by atoms with E-state index in [9.17, 15) is 44.1 Å². The lowest BCUT2D eigenvalue weighted by Gasteiger charge is -2.66. The van der Waals surface area contributed by atoms with Crippen LogP contribution in [-0.4, -0.2) is 116 Å². The van der Waals surface area contributed by atoms with E-state index < -0.39 is 119 Å². The van der Waals surface area contributed by atoms with Gasteiger partial charge >= 0.3 is 29.8 Å². The quantitative estimate of drug-likeness (QED) is 0.270. The normalized spacial score (nSPS) is 42.1. The van der Waals surface area contributed by atoms with Crippen molar-refractivity contribution in [2.45, 2.75) is 102 Å². The Morgan fingerprint density at radius 2 is 1.65 bits per heavy atom. The van der Waals surface area contributed by atoms with Crippen LogP contribution in [-0.2, 0) is 52.4 Å². The first-order valence-electron chi connectivity index (χ1n) is 15.4. The molecule has 2 aliphatic heterocycles. The van der Waals surface area contributed by atoms with Gasteiger partial charge in [0.1, 0.15) is 47.6 Å². The summed E-state index contributed by atoms with van der Waals surface area (Å²) >= 11 is 0. The van der Waals surface area contributed by atoms with Crippen molar-refractivity contribution < 1.29 is 72.5 Å². The minimum Gasteiger partial charge on any atom is -0.465 e. The molecule has 2 saturated carbocycles. The fraction of sp³-hybridized carbons (Fsp3) is 0.656. The van der Waals surface area contributed by atoms with Gasteiger partial charge in [0.05, 0.1) is 29.2 Å². The first kappa shape index (κ1) is 35.3. The summed E-state index contributed by atoms with van der Waals surface area (Å²) in [5, 5.41) is 36.9.